The highest BCUT2D eigenvalue weighted by Crippen LogP contribution is 2.09. The number of aliphatic carboxylic acids is 1. The van der Waals surface area contributed by atoms with E-state index in [0.717, 1.165) is 16.9 Å². The molecular formula is C14H15FN2O3S. The average Bonchev–Trinajstić information content (AvgIpc) is 2.44. The summed E-state index contributed by atoms with van der Waals surface area (Å²) in [6.45, 7) is 0. The SMILES string of the molecule is O=C(O)CCc1c[nH]c(=[SH]Cc2cccc(F)c2)[nH]c1=O. The second-order valence-electron chi connectivity index (χ2n) is 4.46. The normalized spacial score (nSPS) is 12.0. The van der Waals surface area contributed by atoms with Crippen LogP contribution in [0.25, 0.3) is 0 Å². The van der Waals surface area contributed by atoms with Crippen LogP contribution < -0.4 is 5.56 Å². The molecule has 2 aromatic rings. The number of rotatable bonds is 5. The number of aromatic nitrogens is 2. The van der Waals surface area contributed by atoms with Crippen molar-refractivity contribution < 1.29 is 14.3 Å². The fourth-order valence-corrected chi connectivity index (χ4v) is 2.64. The van der Waals surface area contributed by atoms with Gasteiger partial charge in [-0.3, -0.25) is 9.59 Å². The van der Waals surface area contributed by atoms with Crippen LogP contribution in [0.15, 0.2) is 35.3 Å². The summed E-state index contributed by atoms with van der Waals surface area (Å²) < 4.78 is 13.6. The fourth-order valence-electron chi connectivity index (χ4n) is 1.76. The maximum absolute atomic E-state index is 13.0. The number of H-pyrrole nitrogens is 2. The highest BCUT2D eigenvalue weighted by atomic mass is 32.1. The number of carboxylic acid groups (broad SMARTS) is 1. The van der Waals surface area contributed by atoms with Gasteiger partial charge in [0.25, 0.3) is 5.56 Å². The van der Waals surface area contributed by atoms with Crippen molar-refractivity contribution in [2.75, 3.05) is 0 Å². The molecule has 1 aromatic carbocycles. The van der Waals surface area contributed by atoms with Crippen molar-refractivity contribution in [3.8, 4) is 0 Å². The molecule has 0 aliphatic carbocycles. The second-order valence-corrected chi connectivity index (χ2v) is 5.54. The van der Waals surface area contributed by atoms with Crippen LogP contribution in [0, 0.1) is 10.6 Å². The summed E-state index contributed by atoms with van der Waals surface area (Å²) in [7, 11) is 0. The van der Waals surface area contributed by atoms with E-state index in [-0.39, 0.29) is 24.2 Å². The molecule has 7 heteroatoms. The number of carboxylic acids is 1. The Kier molecular flexibility index (Phi) is 5.10. The first-order chi connectivity index (χ1) is 10.0. The maximum Gasteiger partial charge on any atom is 0.303 e. The van der Waals surface area contributed by atoms with Gasteiger partial charge in [0.1, 0.15) is 10.6 Å². The van der Waals surface area contributed by atoms with Gasteiger partial charge in [0.15, 0.2) is 0 Å². The molecule has 0 bridgehead atoms. The van der Waals surface area contributed by atoms with Gasteiger partial charge in [-0.1, -0.05) is 12.1 Å². The van der Waals surface area contributed by atoms with Gasteiger partial charge >= 0.3 is 5.97 Å². The third-order valence-electron chi connectivity index (χ3n) is 2.82. The number of halogens is 1. The third-order valence-corrected chi connectivity index (χ3v) is 3.90. The molecule has 0 atom stereocenters. The monoisotopic (exact) mass is 310 g/mol. The van der Waals surface area contributed by atoms with Crippen LogP contribution in [0.3, 0.4) is 0 Å². The van der Waals surface area contributed by atoms with Crippen molar-refractivity contribution >= 4 is 17.3 Å². The van der Waals surface area contributed by atoms with E-state index in [0.29, 0.717) is 16.1 Å². The van der Waals surface area contributed by atoms with Crippen molar-refractivity contribution in [2.24, 2.45) is 0 Å². The summed E-state index contributed by atoms with van der Waals surface area (Å²) in [5.74, 6) is -0.662. The van der Waals surface area contributed by atoms with Crippen LogP contribution >= 0.6 is 11.4 Å². The van der Waals surface area contributed by atoms with Crippen molar-refractivity contribution in [3.05, 3.63) is 62.5 Å². The van der Waals surface area contributed by atoms with Crippen LogP contribution in [0.4, 0.5) is 4.39 Å². The summed E-state index contributed by atoms with van der Waals surface area (Å²) in [5, 5.41) is 8.60. The number of aromatic amines is 2. The largest absolute Gasteiger partial charge is 0.481 e. The highest BCUT2D eigenvalue weighted by Gasteiger charge is 2.03. The van der Waals surface area contributed by atoms with Crippen LogP contribution in [-0.2, 0) is 17.0 Å². The van der Waals surface area contributed by atoms with Gasteiger partial charge in [0.05, 0.1) is 0 Å². The molecule has 0 saturated heterocycles. The predicted octanol–water partition coefficient (Wildman–Crippen LogP) is 2.06. The molecule has 2 rings (SSSR count). The van der Waals surface area contributed by atoms with Gasteiger partial charge in [-0.05, 0) is 24.1 Å². The van der Waals surface area contributed by atoms with Crippen LogP contribution in [-0.4, -0.2) is 21.0 Å². The predicted molar refractivity (Wildman–Crippen MR) is 79.7 cm³/mol. The number of aryl methyl sites for hydroxylation is 1. The smallest absolute Gasteiger partial charge is 0.303 e. The Bertz CT molecular complexity index is 767. The molecule has 0 radical (unpaired) electrons. The lowest BCUT2D eigenvalue weighted by atomic mass is 10.2. The molecule has 112 valence electrons. The van der Waals surface area contributed by atoms with E-state index in [4.69, 9.17) is 5.11 Å². The molecule has 3 N–H and O–H groups in total. The summed E-state index contributed by atoms with van der Waals surface area (Å²) in [4.78, 5) is 27.9. The summed E-state index contributed by atoms with van der Waals surface area (Å²) in [6, 6.07) is 6.29. The Morgan fingerprint density at radius 2 is 2.19 bits per heavy atom. The third kappa shape index (κ3) is 4.71. The fraction of sp³-hybridized carbons (Fsp3) is 0.214. The topological polar surface area (TPSA) is 85.9 Å². The molecular weight excluding hydrogens is 295 g/mol. The first-order valence-corrected chi connectivity index (χ1v) is 7.40. The lowest BCUT2D eigenvalue weighted by Crippen LogP contribution is -2.14. The van der Waals surface area contributed by atoms with Gasteiger partial charge in [0.2, 0.25) is 0 Å². The molecule has 1 heterocycles. The second kappa shape index (κ2) is 7.03. The van der Waals surface area contributed by atoms with E-state index in [9.17, 15) is 14.0 Å². The van der Waals surface area contributed by atoms with Crippen molar-refractivity contribution in [3.63, 3.8) is 0 Å². The maximum atomic E-state index is 13.0. The molecule has 1 aromatic heterocycles. The van der Waals surface area contributed by atoms with E-state index < -0.39 is 5.97 Å². The van der Waals surface area contributed by atoms with E-state index in [1.807, 2.05) is 6.07 Å². The molecule has 5 nitrogen and oxygen atoms in total. The van der Waals surface area contributed by atoms with E-state index in [1.54, 1.807) is 6.07 Å². The quantitative estimate of drug-likeness (QED) is 0.504. The first kappa shape index (κ1) is 15.2. The zero-order chi connectivity index (χ0) is 15.2. The molecule has 0 amide bonds. The van der Waals surface area contributed by atoms with Gasteiger partial charge in [-0.2, -0.15) is 11.4 Å². The van der Waals surface area contributed by atoms with E-state index in [2.05, 4.69) is 9.97 Å². The zero-order valence-corrected chi connectivity index (χ0v) is 12.0. The number of hydrogen-bond acceptors (Lipinski definition) is 2. The number of benzene rings is 1. The minimum absolute atomic E-state index is 0.0860. The lowest BCUT2D eigenvalue weighted by molar-refractivity contribution is -0.136. The van der Waals surface area contributed by atoms with Crippen LogP contribution in [0.2, 0.25) is 0 Å². The number of carbonyl (C=O) groups is 1. The number of nitrogens with one attached hydrogen (secondary N) is 2. The zero-order valence-electron chi connectivity index (χ0n) is 11.1. The summed E-state index contributed by atoms with van der Waals surface area (Å²) in [5.41, 5.74) is 0.944. The molecule has 0 aliphatic heterocycles. The summed E-state index contributed by atoms with van der Waals surface area (Å²) >= 11 is 0.805. The standard InChI is InChI=1S/C14H15FN2O3S/c15-11-3-1-2-9(6-11)8-21-14-16-7-10(13(20)17-14)4-5-12(18)19/h1-3,6-7,16,21H,4-5,8H2,(H,17,20)(H,18,19). The summed E-state index contributed by atoms with van der Waals surface area (Å²) in [6.07, 6.45) is 1.62. The molecule has 0 unspecified atom stereocenters. The Morgan fingerprint density at radius 1 is 1.38 bits per heavy atom. The average molecular weight is 310 g/mol. The number of thiol groups is 1. The van der Waals surface area contributed by atoms with Crippen molar-refractivity contribution in [1.29, 1.82) is 0 Å². The van der Waals surface area contributed by atoms with Gasteiger partial charge in [-0.25, -0.2) is 4.39 Å². The minimum atomic E-state index is -0.942. The molecule has 0 spiro atoms. The van der Waals surface area contributed by atoms with E-state index >= 15 is 0 Å². The lowest BCUT2D eigenvalue weighted by Gasteiger charge is -1.99. The van der Waals surface area contributed by atoms with Crippen molar-refractivity contribution in [1.82, 2.24) is 9.97 Å². The molecule has 0 saturated carbocycles. The van der Waals surface area contributed by atoms with Gasteiger partial charge < -0.3 is 15.1 Å². The van der Waals surface area contributed by atoms with Crippen LogP contribution in [0.1, 0.15) is 17.5 Å². The van der Waals surface area contributed by atoms with Crippen LogP contribution in [0.5, 0.6) is 0 Å². The molecule has 0 fully saturated rings. The minimum Gasteiger partial charge on any atom is -0.481 e. The Morgan fingerprint density at radius 3 is 2.86 bits per heavy atom. The van der Waals surface area contributed by atoms with Gasteiger partial charge in [0, 0.05) is 23.9 Å². The molecule has 21 heavy (non-hydrogen) atoms. The van der Waals surface area contributed by atoms with Gasteiger partial charge in [-0.15, -0.1) is 0 Å². The van der Waals surface area contributed by atoms with Crippen molar-refractivity contribution in [2.45, 2.75) is 18.6 Å². The Hall–Kier alpha value is -2.15. The highest BCUT2D eigenvalue weighted by molar-refractivity contribution is 7.90. The number of hydrogen-bond donors (Lipinski definition) is 4. The first-order valence-electron chi connectivity index (χ1n) is 6.32. The Balaban J connectivity index is 2.14. The van der Waals surface area contributed by atoms with E-state index in [1.165, 1.54) is 18.3 Å². The Labute approximate surface area is 123 Å². The molecule has 0 aliphatic rings.